The summed E-state index contributed by atoms with van der Waals surface area (Å²) < 4.78 is 15.7. The SMILES string of the molecule is COc1cccc(/C=C/C(=O)NC2CCN(C(=O)c3ccc(OC)c(OC)c3)CC2)c1. The Bertz CT molecular complexity index is 949. The van der Waals surface area contributed by atoms with Gasteiger partial charge in [0.1, 0.15) is 5.75 Å². The standard InChI is InChI=1S/C24H28N2O5/c1-29-20-6-4-5-17(15-20)7-10-23(27)25-19-11-13-26(14-12-19)24(28)18-8-9-21(30-2)22(16-18)31-3/h4-10,15-16,19H,11-14H2,1-3H3,(H,25,27)/b10-7+. The maximum atomic E-state index is 12.8. The molecular formula is C24H28N2O5. The summed E-state index contributed by atoms with van der Waals surface area (Å²) in [7, 11) is 4.71. The molecule has 0 spiro atoms. The number of likely N-dealkylation sites (tertiary alicyclic amines) is 1. The van der Waals surface area contributed by atoms with Gasteiger partial charge in [-0.1, -0.05) is 12.1 Å². The smallest absolute Gasteiger partial charge is 0.253 e. The van der Waals surface area contributed by atoms with Crippen LogP contribution in [0.2, 0.25) is 0 Å². The minimum Gasteiger partial charge on any atom is -0.497 e. The second-order valence-electron chi connectivity index (χ2n) is 7.25. The van der Waals surface area contributed by atoms with E-state index in [1.807, 2.05) is 24.3 Å². The zero-order chi connectivity index (χ0) is 22.2. The highest BCUT2D eigenvalue weighted by Gasteiger charge is 2.25. The lowest BCUT2D eigenvalue weighted by atomic mass is 10.0. The number of benzene rings is 2. The molecular weight excluding hydrogens is 396 g/mol. The van der Waals surface area contributed by atoms with Gasteiger partial charge >= 0.3 is 0 Å². The fourth-order valence-corrected chi connectivity index (χ4v) is 3.55. The third-order valence-electron chi connectivity index (χ3n) is 5.28. The van der Waals surface area contributed by atoms with Crippen LogP contribution in [0.25, 0.3) is 6.08 Å². The van der Waals surface area contributed by atoms with Crippen molar-refractivity contribution in [2.75, 3.05) is 34.4 Å². The second kappa shape index (κ2) is 10.5. The van der Waals surface area contributed by atoms with Crippen molar-refractivity contribution in [3.8, 4) is 17.2 Å². The molecule has 31 heavy (non-hydrogen) atoms. The fourth-order valence-electron chi connectivity index (χ4n) is 3.55. The zero-order valence-corrected chi connectivity index (χ0v) is 18.1. The van der Waals surface area contributed by atoms with Crippen LogP contribution in [0.1, 0.15) is 28.8 Å². The Labute approximate surface area is 182 Å². The molecule has 0 aliphatic carbocycles. The summed E-state index contributed by atoms with van der Waals surface area (Å²) in [6.07, 6.45) is 4.69. The molecule has 7 heteroatoms. The van der Waals surface area contributed by atoms with Crippen LogP contribution in [0.5, 0.6) is 17.2 Å². The van der Waals surface area contributed by atoms with Crippen molar-refractivity contribution in [3.63, 3.8) is 0 Å². The Morgan fingerprint density at radius 1 is 0.968 bits per heavy atom. The van der Waals surface area contributed by atoms with Crippen LogP contribution < -0.4 is 19.5 Å². The summed E-state index contributed by atoms with van der Waals surface area (Å²) in [5, 5.41) is 3.02. The summed E-state index contributed by atoms with van der Waals surface area (Å²) in [4.78, 5) is 26.9. The van der Waals surface area contributed by atoms with Crippen molar-refractivity contribution in [2.45, 2.75) is 18.9 Å². The minimum atomic E-state index is -0.146. The fraction of sp³-hybridized carbons (Fsp3) is 0.333. The minimum absolute atomic E-state index is 0.0388. The number of hydrogen-bond donors (Lipinski definition) is 1. The van der Waals surface area contributed by atoms with Crippen LogP contribution >= 0.6 is 0 Å². The molecule has 1 aliphatic heterocycles. The molecule has 1 fully saturated rings. The average Bonchev–Trinajstić information content (AvgIpc) is 2.82. The number of methoxy groups -OCH3 is 3. The molecule has 3 rings (SSSR count). The van der Waals surface area contributed by atoms with E-state index in [1.54, 1.807) is 50.5 Å². The van der Waals surface area contributed by atoms with E-state index < -0.39 is 0 Å². The number of carbonyl (C=O) groups excluding carboxylic acids is 2. The van der Waals surface area contributed by atoms with Gasteiger partial charge in [-0.15, -0.1) is 0 Å². The Morgan fingerprint density at radius 2 is 1.71 bits per heavy atom. The van der Waals surface area contributed by atoms with Gasteiger partial charge in [-0.25, -0.2) is 0 Å². The van der Waals surface area contributed by atoms with Crippen LogP contribution in [0.4, 0.5) is 0 Å². The zero-order valence-electron chi connectivity index (χ0n) is 18.1. The number of nitrogens with one attached hydrogen (secondary N) is 1. The van der Waals surface area contributed by atoms with E-state index in [0.29, 0.717) is 43.0 Å². The van der Waals surface area contributed by atoms with Gasteiger partial charge in [-0.2, -0.15) is 0 Å². The third kappa shape index (κ3) is 5.78. The monoisotopic (exact) mass is 424 g/mol. The number of hydrogen-bond acceptors (Lipinski definition) is 5. The van der Waals surface area contributed by atoms with Gasteiger partial charge in [0.25, 0.3) is 5.91 Å². The number of amides is 2. The predicted molar refractivity (Wildman–Crippen MR) is 119 cm³/mol. The van der Waals surface area contributed by atoms with Crippen molar-refractivity contribution in [1.82, 2.24) is 10.2 Å². The largest absolute Gasteiger partial charge is 0.497 e. The molecule has 2 aromatic rings. The molecule has 1 saturated heterocycles. The van der Waals surface area contributed by atoms with E-state index in [9.17, 15) is 9.59 Å². The van der Waals surface area contributed by atoms with E-state index in [2.05, 4.69) is 5.32 Å². The molecule has 1 heterocycles. The first-order chi connectivity index (χ1) is 15.0. The molecule has 0 radical (unpaired) electrons. The lowest BCUT2D eigenvalue weighted by molar-refractivity contribution is -0.117. The van der Waals surface area contributed by atoms with E-state index in [-0.39, 0.29) is 17.9 Å². The van der Waals surface area contributed by atoms with Crippen LogP contribution in [0.3, 0.4) is 0 Å². The number of piperidine rings is 1. The highest BCUT2D eigenvalue weighted by atomic mass is 16.5. The van der Waals surface area contributed by atoms with Crippen molar-refractivity contribution >= 4 is 17.9 Å². The average molecular weight is 424 g/mol. The molecule has 0 saturated carbocycles. The summed E-state index contributed by atoms with van der Waals surface area (Å²) in [5.41, 5.74) is 1.45. The van der Waals surface area contributed by atoms with Crippen molar-refractivity contribution in [2.24, 2.45) is 0 Å². The quantitative estimate of drug-likeness (QED) is 0.691. The summed E-state index contributed by atoms with van der Waals surface area (Å²) in [5.74, 6) is 1.66. The molecule has 7 nitrogen and oxygen atoms in total. The van der Waals surface area contributed by atoms with Gasteiger partial charge in [0.05, 0.1) is 21.3 Å². The molecule has 2 aromatic carbocycles. The van der Waals surface area contributed by atoms with E-state index in [0.717, 1.165) is 11.3 Å². The van der Waals surface area contributed by atoms with Crippen LogP contribution in [0.15, 0.2) is 48.5 Å². The number of rotatable bonds is 7. The van der Waals surface area contributed by atoms with E-state index >= 15 is 0 Å². The third-order valence-corrected chi connectivity index (χ3v) is 5.28. The molecule has 1 N–H and O–H groups in total. The molecule has 0 bridgehead atoms. The maximum Gasteiger partial charge on any atom is 0.253 e. The molecule has 0 aromatic heterocycles. The van der Waals surface area contributed by atoms with Gasteiger partial charge in [-0.3, -0.25) is 9.59 Å². The molecule has 2 amide bonds. The number of carbonyl (C=O) groups is 2. The summed E-state index contributed by atoms with van der Waals surface area (Å²) in [6, 6.07) is 12.7. The topological polar surface area (TPSA) is 77.1 Å². The molecule has 0 unspecified atom stereocenters. The lowest BCUT2D eigenvalue weighted by Crippen LogP contribution is -2.46. The predicted octanol–water partition coefficient (Wildman–Crippen LogP) is 3.15. The Hall–Kier alpha value is -3.48. The molecule has 164 valence electrons. The first-order valence-electron chi connectivity index (χ1n) is 10.2. The number of nitrogens with zero attached hydrogens (tertiary/aromatic N) is 1. The van der Waals surface area contributed by atoms with Crippen molar-refractivity contribution < 1.29 is 23.8 Å². The van der Waals surface area contributed by atoms with Gasteiger partial charge in [-0.05, 0) is 54.8 Å². The van der Waals surface area contributed by atoms with Gasteiger partial charge in [0.15, 0.2) is 11.5 Å². The van der Waals surface area contributed by atoms with Crippen LogP contribution in [-0.2, 0) is 4.79 Å². The summed E-state index contributed by atoms with van der Waals surface area (Å²) >= 11 is 0. The van der Waals surface area contributed by atoms with Crippen LogP contribution in [-0.4, -0.2) is 57.2 Å². The van der Waals surface area contributed by atoms with Crippen LogP contribution in [0, 0.1) is 0 Å². The molecule has 1 aliphatic rings. The van der Waals surface area contributed by atoms with E-state index in [4.69, 9.17) is 14.2 Å². The van der Waals surface area contributed by atoms with Gasteiger partial charge in [0, 0.05) is 30.8 Å². The highest BCUT2D eigenvalue weighted by Crippen LogP contribution is 2.28. The normalized spacial score (nSPS) is 14.4. The van der Waals surface area contributed by atoms with Gasteiger partial charge in [0.2, 0.25) is 5.91 Å². The molecule has 0 atom stereocenters. The first kappa shape index (κ1) is 22.2. The first-order valence-corrected chi connectivity index (χ1v) is 10.2. The highest BCUT2D eigenvalue weighted by molar-refractivity contribution is 5.95. The maximum absolute atomic E-state index is 12.8. The Morgan fingerprint density at radius 3 is 2.39 bits per heavy atom. The number of ether oxygens (including phenoxy) is 3. The van der Waals surface area contributed by atoms with E-state index in [1.165, 1.54) is 6.08 Å². The second-order valence-corrected chi connectivity index (χ2v) is 7.25. The Balaban J connectivity index is 1.51. The van der Waals surface area contributed by atoms with Crippen molar-refractivity contribution in [3.05, 3.63) is 59.7 Å². The lowest BCUT2D eigenvalue weighted by Gasteiger charge is -2.32. The summed E-state index contributed by atoms with van der Waals surface area (Å²) in [6.45, 7) is 1.16. The Kier molecular flexibility index (Phi) is 7.54. The van der Waals surface area contributed by atoms with Gasteiger partial charge < -0.3 is 24.4 Å². The van der Waals surface area contributed by atoms with Crippen molar-refractivity contribution in [1.29, 1.82) is 0 Å².